The van der Waals surface area contributed by atoms with Crippen LogP contribution in [-0.4, -0.2) is 62.3 Å². The van der Waals surface area contributed by atoms with E-state index in [1.165, 1.54) is 0 Å². The molecule has 3 aromatic rings. The predicted octanol–water partition coefficient (Wildman–Crippen LogP) is 4.20. The van der Waals surface area contributed by atoms with Crippen LogP contribution in [0, 0.1) is 11.3 Å². The van der Waals surface area contributed by atoms with Crippen LogP contribution in [0.15, 0.2) is 18.2 Å². The standard InChI is InChI=1S/C23H27Cl2N7O3S2/c1-22(2,3)37(35)31-23(9-12-36(33)34)7-10-32(11-8-23)21-27-16(13-26)17-19(29-30-20(17)28-21)14-5-4-6-15(24)18(14)25/h4-6,31H,7-12H2,1-3H3,(H,33,34)(H,27,28,29,30). The largest absolute Gasteiger partial charge is 0.341 e. The highest BCUT2D eigenvalue weighted by Gasteiger charge is 2.39. The topological polar surface area (TPSA) is 148 Å². The Hall–Kier alpha value is -2.14. The first-order chi connectivity index (χ1) is 17.4. The normalized spacial score (nSPS) is 17.5. The van der Waals surface area contributed by atoms with Gasteiger partial charge in [0.25, 0.3) is 0 Å². The van der Waals surface area contributed by atoms with Crippen molar-refractivity contribution >= 4 is 62.2 Å². The molecule has 2 unspecified atom stereocenters. The maximum absolute atomic E-state index is 12.9. The second-order valence-electron chi connectivity index (χ2n) is 9.91. The smallest absolute Gasteiger partial charge is 0.228 e. The minimum absolute atomic E-state index is 0.0808. The maximum atomic E-state index is 12.9. The zero-order valence-electron chi connectivity index (χ0n) is 20.5. The molecule has 1 aliphatic rings. The van der Waals surface area contributed by atoms with E-state index in [1.807, 2.05) is 25.7 Å². The van der Waals surface area contributed by atoms with Crippen LogP contribution in [0.3, 0.4) is 0 Å². The number of nitrogens with zero attached hydrogens (tertiary/aromatic N) is 5. The molecule has 37 heavy (non-hydrogen) atoms. The van der Waals surface area contributed by atoms with E-state index in [1.54, 1.807) is 18.2 Å². The summed E-state index contributed by atoms with van der Waals surface area (Å²) in [4.78, 5) is 11.1. The van der Waals surface area contributed by atoms with E-state index >= 15 is 0 Å². The fraction of sp³-hybridized carbons (Fsp3) is 0.478. The Labute approximate surface area is 230 Å². The lowest BCUT2D eigenvalue weighted by atomic mass is 9.86. The van der Waals surface area contributed by atoms with Gasteiger partial charge >= 0.3 is 0 Å². The van der Waals surface area contributed by atoms with Crippen LogP contribution < -0.4 is 9.62 Å². The highest BCUT2D eigenvalue weighted by Crippen LogP contribution is 2.37. The van der Waals surface area contributed by atoms with Gasteiger partial charge in [-0.25, -0.2) is 18.1 Å². The minimum Gasteiger partial charge on any atom is -0.341 e. The molecule has 0 amide bonds. The predicted molar refractivity (Wildman–Crippen MR) is 147 cm³/mol. The molecule has 10 nitrogen and oxygen atoms in total. The summed E-state index contributed by atoms with van der Waals surface area (Å²) >= 11 is 10.6. The molecule has 0 spiro atoms. The molecular weight excluding hydrogens is 557 g/mol. The molecule has 3 heterocycles. The second-order valence-corrected chi connectivity index (χ2v) is 13.7. The number of hydrogen-bond acceptors (Lipinski definition) is 7. The van der Waals surface area contributed by atoms with Crippen molar-refractivity contribution in [1.82, 2.24) is 24.9 Å². The van der Waals surface area contributed by atoms with E-state index in [0.29, 0.717) is 70.6 Å². The second kappa shape index (κ2) is 10.9. The van der Waals surface area contributed by atoms with E-state index in [2.05, 4.69) is 31.0 Å². The van der Waals surface area contributed by atoms with Gasteiger partial charge in [-0.2, -0.15) is 15.3 Å². The summed E-state index contributed by atoms with van der Waals surface area (Å²) in [6.45, 7) is 6.64. The lowest BCUT2D eigenvalue weighted by Crippen LogP contribution is -2.57. The number of piperidine rings is 1. The molecule has 198 valence electrons. The van der Waals surface area contributed by atoms with Crippen molar-refractivity contribution in [3.63, 3.8) is 0 Å². The molecule has 3 N–H and O–H groups in total. The summed E-state index contributed by atoms with van der Waals surface area (Å²) in [5.41, 5.74) is 1.00. The number of H-pyrrole nitrogens is 1. The Morgan fingerprint density at radius 3 is 2.57 bits per heavy atom. The van der Waals surface area contributed by atoms with E-state index in [-0.39, 0.29) is 11.4 Å². The van der Waals surface area contributed by atoms with Crippen LogP contribution >= 0.6 is 23.2 Å². The molecule has 1 aromatic carbocycles. The van der Waals surface area contributed by atoms with Gasteiger partial charge in [-0.3, -0.25) is 5.10 Å². The highest BCUT2D eigenvalue weighted by atomic mass is 35.5. The number of aromatic amines is 1. The number of rotatable bonds is 7. The SMILES string of the molecule is CC(C)(C)S(=O)NC1(CCS(=O)O)CCN(c2nc(C#N)c3c(-c4cccc(Cl)c4Cl)[nH]nc3n2)CC1. The molecule has 0 bridgehead atoms. The van der Waals surface area contributed by atoms with E-state index < -0.39 is 32.4 Å². The van der Waals surface area contributed by atoms with Crippen molar-refractivity contribution in [2.45, 2.75) is 50.3 Å². The molecule has 4 rings (SSSR count). The van der Waals surface area contributed by atoms with Gasteiger partial charge in [0.15, 0.2) is 22.4 Å². The highest BCUT2D eigenvalue weighted by molar-refractivity contribution is 7.84. The fourth-order valence-electron chi connectivity index (χ4n) is 4.20. The molecule has 1 aliphatic heterocycles. The van der Waals surface area contributed by atoms with Crippen molar-refractivity contribution in [1.29, 1.82) is 5.26 Å². The first-order valence-corrected chi connectivity index (χ1v) is 14.7. The number of halogens is 2. The van der Waals surface area contributed by atoms with Crippen LogP contribution in [0.5, 0.6) is 0 Å². The molecule has 0 radical (unpaired) electrons. The van der Waals surface area contributed by atoms with Gasteiger partial charge in [0.2, 0.25) is 5.95 Å². The van der Waals surface area contributed by atoms with Crippen molar-refractivity contribution in [3.8, 4) is 17.3 Å². The molecule has 0 saturated carbocycles. The lowest BCUT2D eigenvalue weighted by Gasteiger charge is -2.43. The fourth-order valence-corrected chi connectivity index (χ4v) is 6.16. The van der Waals surface area contributed by atoms with Crippen LogP contribution in [0.4, 0.5) is 5.95 Å². The Morgan fingerprint density at radius 2 is 1.95 bits per heavy atom. The Bertz CT molecular complexity index is 1410. The van der Waals surface area contributed by atoms with Gasteiger partial charge in [0.05, 0.1) is 42.6 Å². The third kappa shape index (κ3) is 5.97. The molecule has 14 heteroatoms. The zero-order valence-corrected chi connectivity index (χ0v) is 23.7. The van der Waals surface area contributed by atoms with Crippen molar-refractivity contribution in [3.05, 3.63) is 33.9 Å². The van der Waals surface area contributed by atoms with Crippen LogP contribution in [0.25, 0.3) is 22.3 Å². The van der Waals surface area contributed by atoms with Gasteiger partial charge in [-0.1, -0.05) is 35.3 Å². The number of nitrogens with one attached hydrogen (secondary N) is 2. The monoisotopic (exact) mass is 583 g/mol. The molecular formula is C23H27Cl2N7O3S2. The van der Waals surface area contributed by atoms with Gasteiger partial charge in [0.1, 0.15) is 6.07 Å². The molecule has 0 aliphatic carbocycles. The molecule has 1 fully saturated rings. The van der Waals surface area contributed by atoms with Crippen molar-refractivity contribution < 1.29 is 13.0 Å². The molecule has 2 atom stereocenters. The van der Waals surface area contributed by atoms with Gasteiger partial charge < -0.3 is 9.45 Å². The van der Waals surface area contributed by atoms with Crippen LogP contribution in [-0.2, 0) is 22.1 Å². The number of anilines is 1. The Balaban J connectivity index is 1.62. The van der Waals surface area contributed by atoms with Gasteiger partial charge in [-0.05, 0) is 46.1 Å². The summed E-state index contributed by atoms with van der Waals surface area (Å²) in [5, 5.41) is 18.3. The molecule has 1 saturated heterocycles. The first kappa shape index (κ1) is 27.9. The average Bonchev–Trinajstić information content (AvgIpc) is 3.28. The third-order valence-corrected chi connectivity index (χ3v) is 9.46. The van der Waals surface area contributed by atoms with Gasteiger partial charge in [0, 0.05) is 24.2 Å². The Morgan fingerprint density at radius 1 is 1.24 bits per heavy atom. The van der Waals surface area contributed by atoms with E-state index in [9.17, 15) is 18.2 Å². The van der Waals surface area contributed by atoms with Crippen molar-refractivity contribution in [2.24, 2.45) is 0 Å². The lowest BCUT2D eigenvalue weighted by molar-refractivity contribution is 0.293. The third-order valence-electron chi connectivity index (χ3n) is 6.35. The number of fused-ring (bicyclic) bond motifs is 1. The Kier molecular flexibility index (Phi) is 8.23. The summed E-state index contributed by atoms with van der Waals surface area (Å²) < 4.78 is 36.4. The van der Waals surface area contributed by atoms with Crippen molar-refractivity contribution in [2.75, 3.05) is 23.7 Å². The summed E-state index contributed by atoms with van der Waals surface area (Å²) in [6, 6.07) is 7.34. The number of nitriles is 1. The van der Waals surface area contributed by atoms with E-state index in [4.69, 9.17) is 23.2 Å². The zero-order chi connectivity index (χ0) is 27.0. The van der Waals surface area contributed by atoms with Crippen LogP contribution in [0.1, 0.15) is 45.7 Å². The minimum atomic E-state index is -1.95. The van der Waals surface area contributed by atoms with Gasteiger partial charge in [-0.15, -0.1) is 0 Å². The first-order valence-electron chi connectivity index (χ1n) is 11.6. The number of hydrogen-bond donors (Lipinski definition) is 3. The summed E-state index contributed by atoms with van der Waals surface area (Å²) in [5.74, 6) is 0.438. The molecule has 2 aromatic heterocycles. The van der Waals surface area contributed by atoms with Crippen LogP contribution in [0.2, 0.25) is 10.0 Å². The number of benzene rings is 1. The van der Waals surface area contributed by atoms with E-state index in [0.717, 1.165) is 0 Å². The quantitative estimate of drug-likeness (QED) is 0.350. The maximum Gasteiger partial charge on any atom is 0.228 e. The number of aromatic nitrogens is 4. The summed E-state index contributed by atoms with van der Waals surface area (Å²) in [7, 11) is -1.35. The summed E-state index contributed by atoms with van der Waals surface area (Å²) in [6.07, 6.45) is 1.51. The average molecular weight is 585 g/mol.